The summed E-state index contributed by atoms with van der Waals surface area (Å²) in [5.74, 6) is 1.53. The summed E-state index contributed by atoms with van der Waals surface area (Å²) in [6.45, 7) is 3.43. The maximum absolute atomic E-state index is 12.7. The molecule has 128 valence electrons. The summed E-state index contributed by atoms with van der Waals surface area (Å²) in [5, 5.41) is 3.93. The third-order valence-corrected chi connectivity index (χ3v) is 4.74. The van der Waals surface area contributed by atoms with E-state index in [-0.39, 0.29) is 17.7 Å². The van der Waals surface area contributed by atoms with Crippen LogP contribution in [-0.2, 0) is 11.3 Å². The van der Waals surface area contributed by atoms with Crippen molar-refractivity contribution in [3.05, 3.63) is 72.1 Å². The molecule has 25 heavy (non-hydrogen) atoms. The maximum atomic E-state index is 12.7. The Hall–Kier alpha value is -2.89. The van der Waals surface area contributed by atoms with Gasteiger partial charge in [-0.15, -0.1) is 0 Å². The van der Waals surface area contributed by atoms with Crippen molar-refractivity contribution in [2.45, 2.75) is 25.3 Å². The van der Waals surface area contributed by atoms with Crippen molar-refractivity contribution < 1.29 is 9.32 Å². The van der Waals surface area contributed by atoms with Gasteiger partial charge in [0, 0.05) is 31.4 Å². The van der Waals surface area contributed by atoms with Gasteiger partial charge >= 0.3 is 0 Å². The van der Waals surface area contributed by atoms with E-state index in [9.17, 15) is 4.79 Å². The first-order chi connectivity index (χ1) is 12.2. The van der Waals surface area contributed by atoms with Gasteiger partial charge in [-0.05, 0) is 24.6 Å². The lowest BCUT2D eigenvalue weighted by Gasteiger charge is -2.17. The molecule has 0 N–H and O–H groups in total. The molecule has 0 aliphatic carbocycles. The van der Waals surface area contributed by atoms with Crippen LogP contribution in [0.5, 0.6) is 0 Å². The number of rotatable bonds is 4. The van der Waals surface area contributed by atoms with Crippen LogP contribution in [0.3, 0.4) is 0 Å². The number of carbonyl (C=O) groups excluding carboxylic acids is 1. The Morgan fingerprint density at radius 2 is 1.84 bits per heavy atom. The van der Waals surface area contributed by atoms with Crippen molar-refractivity contribution in [1.29, 1.82) is 0 Å². The summed E-state index contributed by atoms with van der Waals surface area (Å²) in [7, 11) is 0. The minimum atomic E-state index is 0.0252. The van der Waals surface area contributed by atoms with E-state index >= 15 is 0 Å². The fraction of sp³-hybridized carbons (Fsp3) is 0.316. The lowest BCUT2D eigenvalue weighted by molar-refractivity contribution is -0.130. The van der Waals surface area contributed by atoms with E-state index in [0.29, 0.717) is 31.3 Å². The lowest BCUT2D eigenvalue weighted by atomic mass is 9.89. The molecule has 3 aromatic rings. The Bertz CT molecular complexity index is 841. The number of aryl methyl sites for hydroxylation is 1. The molecular formula is C19H20N4O2. The van der Waals surface area contributed by atoms with Crippen LogP contribution in [0.1, 0.15) is 29.1 Å². The molecule has 2 aromatic heterocycles. The summed E-state index contributed by atoms with van der Waals surface area (Å²) in [4.78, 5) is 19.0. The average molecular weight is 336 g/mol. The van der Waals surface area contributed by atoms with Gasteiger partial charge in [-0.3, -0.25) is 4.79 Å². The molecule has 2 atom stereocenters. The van der Waals surface area contributed by atoms with Crippen LogP contribution < -0.4 is 0 Å². The molecule has 0 spiro atoms. The highest BCUT2D eigenvalue weighted by molar-refractivity contribution is 5.76. The van der Waals surface area contributed by atoms with Crippen molar-refractivity contribution >= 4 is 5.91 Å². The second kappa shape index (κ2) is 6.55. The molecule has 1 aliphatic heterocycles. The van der Waals surface area contributed by atoms with Gasteiger partial charge in [-0.2, -0.15) is 4.98 Å². The standard InChI is InChI=1S/C19H20N4O2/c1-14-20-19(25-21-14)17-12-23(18(24)13-22-9-5-6-10-22)11-16(17)15-7-3-2-4-8-15/h2-10,16-17H,11-13H2,1H3/t16-,17-/m1/s1. The first-order valence-corrected chi connectivity index (χ1v) is 8.44. The van der Waals surface area contributed by atoms with E-state index < -0.39 is 0 Å². The first-order valence-electron chi connectivity index (χ1n) is 8.44. The van der Waals surface area contributed by atoms with Crippen molar-refractivity contribution in [3.63, 3.8) is 0 Å². The van der Waals surface area contributed by atoms with E-state index in [1.54, 1.807) is 0 Å². The average Bonchev–Trinajstić information content (AvgIpc) is 3.35. The van der Waals surface area contributed by atoms with Crippen molar-refractivity contribution in [2.24, 2.45) is 0 Å². The third kappa shape index (κ3) is 3.20. The molecule has 1 fully saturated rings. The number of aromatic nitrogens is 3. The van der Waals surface area contributed by atoms with Crippen LogP contribution in [0.2, 0.25) is 0 Å². The van der Waals surface area contributed by atoms with Gasteiger partial charge in [0.15, 0.2) is 5.82 Å². The first kappa shape index (κ1) is 15.6. The molecule has 0 saturated carbocycles. The molecule has 1 aliphatic rings. The molecule has 0 bridgehead atoms. The normalized spacial score (nSPS) is 20.1. The maximum Gasteiger partial charge on any atom is 0.242 e. The van der Waals surface area contributed by atoms with Gasteiger partial charge in [-0.25, -0.2) is 0 Å². The van der Waals surface area contributed by atoms with Gasteiger partial charge < -0.3 is 14.0 Å². The number of benzene rings is 1. The Kier molecular flexibility index (Phi) is 4.09. The van der Waals surface area contributed by atoms with Crippen LogP contribution >= 0.6 is 0 Å². The summed E-state index contributed by atoms with van der Waals surface area (Å²) < 4.78 is 7.32. The van der Waals surface area contributed by atoms with E-state index in [1.807, 2.05) is 59.1 Å². The van der Waals surface area contributed by atoms with Gasteiger partial charge in [0.05, 0.1) is 5.92 Å². The highest BCUT2D eigenvalue weighted by Crippen LogP contribution is 2.39. The lowest BCUT2D eigenvalue weighted by Crippen LogP contribution is -2.31. The van der Waals surface area contributed by atoms with Crippen molar-refractivity contribution in [3.8, 4) is 0 Å². The van der Waals surface area contributed by atoms with Crippen LogP contribution in [0, 0.1) is 6.92 Å². The van der Waals surface area contributed by atoms with Crippen LogP contribution in [0.25, 0.3) is 0 Å². The number of likely N-dealkylation sites (tertiary alicyclic amines) is 1. The van der Waals surface area contributed by atoms with E-state index in [4.69, 9.17) is 4.52 Å². The predicted molar refractivity (Wildman–Crippen MR) is 92.0 cm³/mol. The van der Waals surface area contributed by atoms with Crippen LogP contribution in [0.4, 0.5) is 0 Å². The topological polar surface area (TPSA) is 64.2 Å². The molecule has 1 aromatic carbocycles. The van der Waals surface area contributed by atoms with E-state index in [1.165, 1.54) is 5.56 Å². The smallest absolute Gasteiger partial charge is 0.242 e. The Labute approximate surface area is 146 Å². The van der Waals surface area contributed by atoms with Crippen molar-refractivity contribution in [1.82, 2.24) is 19.6 Å². The monoisotopic (exact) mass is 336 g/mol. The number of hydrogen-bond donors (Lipinski definition) is 0. The Balaban J connectivity index is 1.59. The third-order valence-electron chi connectivity index (χ3n) is 4.74. The van der Waals surface area contributed by atoms with Gasteiger partial charge in [-0.1, -0.05) is 35.5 Å². The zero-order chi connectivity index (χ0) is 17.2. The Morgan fingerprint density at radius 3 is 2.52 bits per heavy atom. The molecule has 1 saturated heterocycles. The summed E-state index contributed by atoms with van der Waals surface area (Å²) in [5.41, 5.74) is 1.19. The van der Waals surface area contributed by atoms with E-state index in [0.717, 1.165) is 0 Å². The highest BCUT2D eigenvalue weighted by atomic mass is 16.5. The zero-order valence-electron chi connectivity index (χ0n) is 14.1. The fourth-order valence-corrected chi connectivity index (χ4v) is 3.49. The molecule has 0 unspecified atom stereocenters. The van der Waals surface area contributed by atoms with E-state index in [2.05, 4.69) is 22.3 Å². The second-order valence-corrected chi connectivity index (χ2v) is 6.46. The molecule has 0 radical (unpaired) electrons. The number of carbonyl (C=O) groups is 1. The van der Waals surface area contributed by atoms with Crippen LogP contribution in [0.15, 0.2) is 59.4 Å². The number of nitrogens with zero attached hydrogens (tertiary/aromatic N) is 4. The van der Waals surface area contributed by atoms with Gasteiger partial charge in [0.2, 0.25) is 11.8 Å². The van der Waals surface area contributed by atoms with Gasteiger partial charge in [0.25, 0.3) is 0 Å². The fourth-order valence-electron chi connectivity index (χ4n) is 3.49. The summed E-state index contributed by atoms with van der Waals surface area (Å²) >= 11 is 0. The van der Waals surface area contributed by atoms with Gasteiger partial charge in [0.1, 0.15) is 6.54 Å². The SMILES string of the molecule is Cc1noc([C@@H]2CN(C(=O)Cn3cccc3)C[C@@H]2c2ccccc2)n1. The molecule has 6 heteroatoms. The highest BCUT2D eigenvalue weighted by Gasteiger charge is 2.40. The molecule has 1 amide bonds. The molecule has 6 nitrogen and oxygen atoms in total. The number of amides is 1. The minimum Gasteiger partial charge on any atom is -0.345 e. The van der Waals surface area contributed by atoms with Crippen molar-refractivity contribution in [2.75, 3.05) is 13.1 Å². The quantitative estimate of drug-likeness (QED) is 0.734. The van der Waals surface area contributed by atoms with Crippen LogP contribution in [-0.4, -0.2) is 38.6 Å². The molecular weight excluding hydrogens is 316 g/mol. The molecule has 3 heterocycles. The summed E-state index contributed by atoms with van der Waals surface area (Å²) in [6.07, 6.45) is 3.81. The largest absolute Gasteiger partial charge is 0.345 e. The predicted octanol–water partition coefficient (Wildman–Crippen LogP) is 2.59. The molecule has 4 rings (SSSR count). The second-order valence-electron chi connectivity index (χ2n) is 6.46. The summed E-state index contributed by atoms with van der Waals surface area (Å²) in [6, 6.07) is 14.1. The minimum absolute atomic E-state index is 0.0252. The Morgan fingerprint density at radius 1 is 1.12 bits per heavy atom. The zero-order valence-corrected chi connectivity index (χ0v) is 14.1. The number of hydrogen-bond acceptors (Lipinski definition) is 4.